The van der Waals surface area contributed by atoms with Crippen LogP contribution in [0.25, 0.3) is 6.08 Å². The Balaban J connectivity index is 1.98. The third-order valence-corrected chi connectivity index (χ3v) is 4.91. The van der Waals surface area contributed by atoms with E-state index in [0.717, 1.165) is 11.3 Å². The number of carbonyl (C=O) groups excluding carboxylic acids is 3. The molecule has 0 unspecified atom stereocenters. The molecule has 8 nitrogen and oxygen atoms in total. The zero-order chi connectivity index (χ0) is 23.3. The minimum atomic E-state index is -0.834. The monoisotopic (exact) mass is 438 g/mol. The zero-order valence-electron chi connectivity index (χ0n) is 18.5. The largest absolute Gasteiger partial charge is 0.493 e. The molecule has 8 heteroatoms. The molecular formula is C24H26N2O6. The molecule has 0 radical (unpaired) electrons. The molecule has 0 aromatic heterocycles. The molecule has 32 heavy (non-hydrogen) atoms. The number of urea groups is 1. The van der Waals surface area contributed by atoms with E-state index in [2.05, 4.69) is 5.32 Å². The Morgan fingerprint density at radius 1 is 1.03 bits per heavy atom. The lowest BCUT2D eigenvalue weighted by atomic mass is 10.1. The lowest BCUT2D eigenvalue weighted by Gasteiger charge is -2.27. The number of methoxy groups -OCH3 is 1. The minimum absolute atomic E-state index is 0.00350. The Hall–Kier alpha value is -3.81. The van der Waals surface area contributed by atoms with Gasteiger partial charge in [0, 0.05) is 0 Å². The van der Waals surface area contributed by atoms with Gasteiger partial charge in [-0.25, -0.2) is 9.69 Å². The molecule has 2 aromatic carbocycles. The molecule has 1 atom stereocenters. The lowest BCUT2D eigenvalue weighted by molar-refractivity contribution is -0.122. The van der Waals surface area contributed by atoms with Crippen molar-refractivity contribution in [3.05, 3.63) is 53.6 Å². The second-order valence-electron chi connectivity index (χ2n) is 7.11. The molecule has 1 heterocycles. The molecule has 2 aromatic rings. The van der Waals surface area contributed by atoms with Gasteiger partial charge in [0.15, 0.2) is 11.5 Å². The van der Waals surface area contributed by atoms with Gasteiger partial charge in [0.05, 0.1) is 25.5 Å². The second-order valence-corrected chi connectivity index (χ2v) is 7.11. The third-order valence-electron chi connectivity index (χ3n) is 4.91. The number of ether oxygens (including phenoxy) is 3. The topological polar surface area (TPSA) is 94.2 Å². The first-order valence-corrected chi connectivity index (χ1v) is 10.4. The highest BCUT2D eigenvalue weighted by Crippen LogP contribution is 2.33. The summed E-state index contributed by atoms with van der Waals surface area (Å²) in [5, 5.41) is 2.22. The van der Waals surface area contributed by atoms with Crippen LogP contribution in [0.5, 0.6) is 17.2 Å². The summed E-state index contributed by atoms with van der Waals surface area (Å²) in [5.74, 6) is -0.127. The van der Waals surface area contributed by atoms with Crippen LogP contribution in [0.15, 0.2) is 48.0 Å². The molecule has 0 bridgehead atoms. The van der Waals surface area contributed by atoms with Gasteiger partial charge < -0.3 is 14.2 Å². The quantitative estimate of drug-likeness (QED) is 0.496. The Morgan fingerprint density at radius 2 is 1.78 bits per heavy atom. The fraction of sp³-hybridized carbons (Fsp3) is 0.292. The van der Waals surface area contributed by atoms with Crippen molar-refractivity contribution in [2.24, 2.45) is 0 Å². The number of benzene rings is 2. The normalized spacial score (nSPS) is 16.1. The van der Waals surface area contributed by atoms with E-state index in [9.17, 15) is 14.4 Å². The van der Waals surface area contributed by atoms with Crippen LogP contribution in [0.1, 0.15) is 32.8 Å². The number of carbonyl (C=O) groups is 3. The van der Waals surface area contributed by atoms with Crippen molar-refractivity contribution in [2.45, 2.75) is 33.3 Å². The van der Waals surface area contributed by atoms with Crippen molar-refractivity contribution in [3.8, 4) is 17.2 Å². The number of nitrogens with one attached hydrogen (secondary N) is 1. The number of barbiturate groups is 1. The lowest BCUT2D eigenvalue weighted by Crippen LogP contribution is -2.54. The summed E-state index contributed by atoms with van der Waals surface area (Å²) in [7, 11) is 1.51. The molecule has 3 rings (SSSR count). The highest BCUT2D eigenvalue weighted by atomic mass is 16.5. The molecule has 4 amide bonds. The summed E-state index contributed by atoms with van der Waals surface area (Å²) in [6.07, 6.45) is 2.25. The molecule has 1 aliphatic rings. The molecule has 0 saturated carbocycles. The number of nitrogens with zero attached hydrogens (tertiary/aromatic N) is 1. The van der Waals surface area contributed by atoms with E-state index >= 15 is 0 Å². The van der Waals surface area contributed by atoms with Gasteiger partial charge in [-0.1, -0.05) is 25.1 Å². The van der Waals surface area contributed by atoms with Gasteiger partial charge in [0.1, 0.15) is 11.3 Å². The smallest absolute Gasteiger partial charge is 0.336 e. The predicted octanol–water partition coefficient (Wildman–Crippen LogP) is 3.94. The molecule has 168 valence electrons. The van der Waals surface area contributed by atoms with Gasteiger partial charge in [0.25, 0.3) is 11.8 Å². The molecule has 1 fully saturated rings. The maximum atomic E-state index is 13.2. The Bertz CT molecular complexity index is 1060. The first kappa shape index (κ1) is 22.9. The van der Waals surface area contributed by atoms with Crippen molar-refractivity contribution in [3.63, 3.8) is 0 Å². The summed E-state index contributed by atoms with van der Waals surface area (Å²) in [6, 6.07) is 10.9. The standard InChI is InChI=1S/C24H26N2O6/c1-5-15(3)32-20-12-11-16(14-21(20)30-4)13-17-22(27)25-24(29)26(23(17)28)18-9-7-8-10-19(18)31-6-2/h7-15H,5-6H2,1-4H3,(H,25,27,29)/b17-13+/t15-/m1/s1. The summed E-state index contributed by atoms with van der Waals surface area (Å²) in [6.45, 7) is 6.12. The SMILES string of the molecule is CCOc1ccccc1N1C(=O)NC(=O)/C(=C\c2ccc(O[C@H](C)CC)c(OC)c2)C1=O. The number of rotatable bonds is 8. The van der Waals surface area contributed by atoms with Crippen LogP contribution in [-0.2, 0) is 9.59 Å². The first-order chi connectivity index (χ1) is 15.4. The summed E-state index contributed by atoms with van der Waals surface area (Å²) in [4.78, 5) is 39.1. The van der Waals surface area contributed by atoms with E-state index in [4.69, 9.17) is 14.2 Å². The van der Waals surface area contributed by atoms with E-state index in [1.165, 1.54) is 13.2 Å². The van der Waals surface area contributed by atoms with Crippen LogP contribution in [-0.4, -0.2) is 37.7 Å². The van der Waals surface area contributed by atoms with Crippen LogP contribution in [0.4, 0.5) is 10.5 Å². The maximum absolute atomic E-state index is 13.2. The van der Waals surface area contributed by atoms with Crippen molar-refractivity contribution >= 4 is 29.6 Å². The zero-order valence-corrected chi connectivity index (χ0v) is 18.5. The third kappa shape index (κ3) is 4.74. The molecule has 0 spiro atoms. The summed E-state index contributed by atoms with van der Waals surface area (Å²) in [5.41, 5.74) is 0.614. The Morgan fingerprint density at radius 3 is 2.47 bits per heavy atom. The molecular weight excluding hydrogens is 412 g/mol. The van der Waals surface area contributed by atoms with E-state index in [-0.39, 0.29) is 17.4 Å². The first-order valence-electron chi connectivity index (χ1n) is 10.4. The van der Waals surface area contributed by atoms with E-state index in [1.807, 2.05) is 13.8 Å². The number of hydrogen-bond acceptors (Lipinski definition) is 6. The number of para-hydroxylation sites is 2. The number of imide groups is 2. The number of hydrogen-bond donors (Lipinski definition) is 1. The highest BCUT2D eigenvalue weighted by molar-refractivity contribution is 6.39. The molecule has 1 aliphatic heterocycles. The maximum Gasteiger partial charge on any atom is 0.336 e. The summed E-state index contributed by atoms with van der Waals surface area (Å²) < 4.78 is 16.8. The fourth-order valence-electron chi connectivity index (χ4n) is 3.13. The fourth-order valence-corrected chi connectivity index (χ4v) is 3.13. The van der Waals surface area contributed by atoms with Crippen molar-refractivity contribution in [1.82, 2.24) is 5.32 Å². The predicted molar refractivity (Wildman–Crippen MR) is 120 cm³/mol. The van der Waals surface area contributed by atoms with Crippen LogP contribution in [0.3, 0.4) is 0 Å². The van der Waals surface area contributed by atoms with Gasteiger partial charge in [-0.15, -0.1) is 0 Å². The van der Waals surface area contributed by atoms with Gasteiger partial charge in [-0.05, 0) is 56.2 Å². The van der Waals surface area contributed by atoms with Crippen LogP contribution >= 0.6 is 0 Å². The molecule has 1 saturated heterocycles. The van der Waals surface area contributed by atoms with Gasteiger partial charge in [-0.3, -0.25) is 14.9 Å². The van der Waals surface area contributed by atoms with E-state index in [1.54, 1.807) is 49.4 Å². The Kier molecular flexibility index (Phi) is 7.14. The highest BCUT2D eigenvalue weighted by Gasteiger charge is 2.38. The average Bonchev–Trinajstić information content (AvgIpc) is 2.78. The summed E-state index contributed by atoms with van der Waals surface area (Å²) >= 11 is 0. The van der Waals surface area contributed by atoms with Crippen molar-refractivity contribution < 1.29 is 28.6 Å². The van der Waals surface area contributed by atoms with Crippen LogP contribution in [0, 0.1) is 0 Å². The number of anilines is 1. The molecule has 1 N–H and O–H groups in total. The molecule has 0 aliphatic carbocycles. The van der Waals surface area contributed by atoms with Gasteiger partial charge >= 0.3 is 6.03 Å². The van der Waals surface area contributed by atoms with Crippen molar-refractivity contribution in [2.75, 3.05) is 18.6 Å². The minimum Gasteiger partial charge on any atom is -0.493 e. The Labute approximate surface area is 186 Å². The average molecular weight is 438 g/mol. The van der Waals surface area contributed by atoms with Gasteiger partial charge in [0.2, 0.25) is 0 Å². The van der Waals surface area contributed by atoms with Crippen LogP contribution in [0.2, 0.25) is 0 Å². The van der Waals surface area contributed by atoms with E-state index in [0.29, 0.717) is 29.4 Å². The van der Waals surface area contributed by atoms with Crippen LogP contribution < -0.4 is 24.4 Å². The van der Waals surface area contributed by atoms with E-state index < -0.39 is 17.8 Å². The number of amides is 4. The second kappa shape index (κ2) is 10.00. The van der Waals surface area contributed by atoms with Gasteiger partial charge in [-0.2, -0.15) is 0 Å². The van der Waals surface area contributed by atoms with Crippen molar-refractivity contribution in [1.29, 1.82) is 0 Å².